The van der Waals surface area contributed by atoms with Crippen molar-refractivity contribution in [2.75, 3.05) is 0 Å². The highest BCUT2D eigenvalue weighted by molar-refractivity contribution is 7.80. The molecule has 1 aromatic heterocycles. The van der Waals surface area contributed by atoms with Gasteiger partial charge in [-0.05, 0) is 24.6 Å². The smallest absolute Gasteiger partial charge is 0.320 e. The van der Waals surface area contributed by atoms with Crippen LogP contribution in [0.2, 0.25) is 0 Å². The van der Waals surface area contributed by atoms with Gasteiger partial charge in [0.05, 0.1) is 6.04 Å². The lowest BCUT2D eigenvalue weighted by atomic mass is 10.1. The predicted octanol–water partition coefficient (Wildman–Crippen LogP) is 2.82. The number of pyridine rings is 1. The van der Waals surface area contributed by atoms with Crippen LogP contribution >= 0.6 is 12.2 Å². The molecule has 0 spiro atoms. The van der Waals surface area contributed by atoms with Crippen LogP contribution in [0.15, 0.2) is 54.9 Å². The van der Waals surface area contributed by atoms with Crippen LogP contribution in [0.5, 0.6) is 0 Å². The van der Waals surface area contributed by atoms with E-state index in [0.717, 1.165) is 5.56 Å². The van der Waals surface area contributed by atoms with E-state index in [1.54, 1.807) is 24.5 Å². The molecular formula is C15H15N3OS. The molecule has 20 heavy (non-hydrogen) atoms. The van der Waals surface area contributed by atoms with Gasteiger partial charge in [0.15, 0.2) is 0 Å². The van der Waals surface area contributed by atoms with E-state index in [-0.39, 0.29) is 12.1 Å². The molecular weight excluding hydrogens is 270 g/mol. The van der Waals surface area contributed by atoms with Crippen molar-refractivity contribution in [1.29, 1.82) is 0 Å². The van der Waals surface area contributed by atoms with Gasteiger partial charge in [0.1, 0.15) is 4.99 Å². The molecule has 5 heteroatoms. The highest BCUT2D eigenvalue weighted by atomic mass is 32.1. The number of nitrogens with zero attached hydrogens (tertiary/aromatic N) is 1. The van der Waals surface area contributed by atoms with Crippen molar-refractivity contribution in [3.63, 3.8) is 0 Å². The number of aromatic nitrogens is 1. The Balaban J connectivity index is 1.91. The Hall–Kier alpha value is -2.27. The molecule has 1 heterocycles. The maximum Gasteiger partial charge on any atom is 0.320 e. The van der Waals surface area contributed by atoms with Gasteiger partial charge in [0.25, 0.3) is 0 Å². The number of carbonyl (C=O) groups is 1. The van der Waals surface area contributed by atoms with E-state index >= 15 is 0 Å². The lowest BCUT2D eigenvalue weighted by molar-refractivity contribution is 0.242. The fourth-order valence-electron chi connectivity index (χ4n) is 1.73. The Morgan fingerprint density at radius 1 is 1.20 bits per heavy atom. The fourth-order valence-corrected chi connectivity index (χ4v) is 1.94. The molecule has 2 amide bonds. The Morgan fingerprint density at radius 3 is 2.60 bits per heavy atom. The van der Waals surface area contributed by atoms with Crippen LogP contribution in [0, 0.1) is 0 Å². The van der Waals surface area contributed by atoms with Crippen LogP contribution in [0.25, 0.3) is 0 Å². The van der Waals surface area contributed by atoms with E-state index in [0.29, 0.717) is 10.6 Å². The summed E-state index contributed by atoms with van der Waals surface area (Å²) in [6.07, 6.45) is 3.27. The van der Waals surface area contributed by atoms with Gasteiger partial charge in [0.2, 0.25) is 0 Å². The zero-order chi connectivity index (χ0) is 14.4. The number of hydrogen-bond acceptors (Lipinski definition) is 3. The lowest BCUT2D eigenvalue weighted by Crippen LogP contribution is -2.40. The maximum absolute atomic E-state index is 11.9. The minimum atomic E-state index is -0.324. The van der Waals surface area contributed by atoms with E-state index < -0.39 is 0 Å². The van der Waals surface area contributed by atoms with Crippen molar-refractivity contribution in [2.45, 2.75) is 13.0 Å². The summed E-state index contributed by atoms with van der Waals surface area (Å²) in [6.45, 7) is 1.92. The monoisotopic (exact) mass is 285 g/mol. The van der Waals surface area contributed by atoms with Gasteiger partial charge in [-0.3, -0.25) is 10.3 Å². The Bertz CT molecular complexity index is 587. The molecule has 0 aliphatic heterocycles. The zero-order valence-corrected chi connectivity index (χ0v) is 11.9. The van der Waals surface area contributed by atoms with Gasteiger partial charge in [-0.25, -0.2) is 4.79 Å². The number of urea groups is 1. The normalized spacial score (nSPS) is 11.4. The van der Waals surface area contributed by atoms with Gasteiger partial charge >= 0.3 is 6.03 Å². The predicted molar refractivity (Wildman–Crippen MR) is 82.5 cm³/mol. The third kappa shape index (κ3) is 3.86. The SMILES string of the molecule is CC(NC(=O)NC(=S)c1cccnc1)c1ccccc1. The zero-order valence-electron chi connectivity index (χ0n) is 11.0. The first-order valence-corrected chi connectivity index (χ1v) is 6.64. The van der Waals surface area contributed by atoms with E-state index in [4.69, 9.17) is 12.2 Å². The van der Waals surface area contributed by atoms with E-state index in [1.165, 1.54) is 0 Å². The number of amides is 2. The summed E-state index contributed by atoms with van der Waals surface area (Å²) in [4.78, 5) is 16.2. The molecule has 2 N–H and O–H groups in total. The van der Waals surface area contributed by atoms with E-state index in [2.05, 4.69) is 15.6 Å². The molecule has 0 aliphatic carbocycles. The van der Waals surface area contributed by atoms with Crippen molar-refractivity contribution >= 4 is 23.2 Å². The Kier molecular flexibility index (Phi) is 4.79. The second kappa shape index (κ2) is 6.77. The number of carbonyl (C=O) groups excluding carboxylic acids is 1. The summed E-state index contributed by atoms with van der Waals surface area (Å²) in [5.41, 5.74) is 1.75. The van der Waals surface area contributed by atoms with E-state index in [9.17, 15) is 4.79 Å². The number of rotatable bonds is 3. The van der Waals surface area contributed by atoms with Crippen molar-refractivity contribution in [3.8, 4) is 0 Å². The van der Waals surface area contributed by atoms with Crippen molar-refractivity contribution in [1.82, 2.24) is 15.6 Å². The van der Waals surface area contributed by atoms with Crippen molar-refractivity contribution < 1.29 is 4.79 Å². The average Bonchev–Trinajstić information content (AvgIpc) is 2.49. The van der Waals surface area contributed by atoms with Gasteiger partial charge < -0.3 is 5.32 Å². The molecule has 4 nitrogen and oxygen atoms in total. The quantitative estimate of drug-likeness (QED) is 0.853. The Labute approximate surface area is 123 Å². The summed E-state index contributed by atoms with van der Waals surface area (Å²) in [5, 5.41) is 5.48. The molecule has 1 atom stereocenters. The third-order valence-electron chi connectivity index (χ3n) is 2.80. The van der Waals surface area contributed by atoms with Crippen molar-refractivity contribution in [2.24, 2.45) is 0 Å². The number of nitrogens with one attached hydrogen (secondary N) is 2. The first-order chi connectivity index (χ1) is 9.66. The number of hydrogen-bond donors (Lipinski definition) is 2. The third-order valence-corrected chi connectivity index (χ3v) is 3.14. The standard InChI is InChI=1S/C15H15N3OS/c1-11(12-6-3-2-4-7-12)17-15(19)18-14(20)13-8-5-9-16-10-13/h2-11H,1H3,(H2,17,18,19,20). The topological polar surface area (TPSA) is 54.0 Å². The molecule has 102 valence electrons. The molecule has 0 saturated heterocycles. The van der Waals surface area contributed by atoms with E-state index in [1.807, 2.05) is 37.3 Å². The van der Waals surface area contributed by atoms with Crippen LogP contribution in [0.4, 0.5) is 4.79 Å². The van der Waals surface area contributed by atoms with Gasteiger partial charge in [0, 0.05) is 18.0 Å². The summed E-state index contributed by atoms with van der Waals surface area (Å²) in [6, 6.07) is 12.9. The number of benzene rings is 1. The largest absolute Gasteiger partial charge is 0.331 e. The molecule has 0 radical (unpaired) electrons. The highest BCUT2D eigenvalue weighted by Gasteiger charge is 2.10. The maximum atomic E-state index is 11.9. The minimum absolute atomic E-state index is 0.0899. The molecule has 1 unspecified atom stereocenters. The van der Waals surface area contributed by atoms with Crippen LogP contribution in [0.1, 0.15) is 24.1 Å². The Morgan fingerprint density at radius 2 is 1.95 bits per heavy atom. The summed E-state index contributed by atoms with van der Waals surface area (Å²) < 4.78 is 0. The lowest BCUT2D eigenvalue weighted by Gasteiger charge is -2.15. The molecule has 2 rings (SSSR count). The molecule has 1 aromatic carbocycles. The second-order valence-electron chi connectivity index (χ2n) is 4.30. The molecule has 0 aliphatic rings. The fraction of sp³-hybridized carbons (Fsp3) is 0.133. The summed E-state index contributed by atoms with van der Waals surface area (Å²) >= 11 is 5.15. The average molecular weight is 285 g/mol. The van der Waals surface area contributed by atoms with Crippen LogP contribution < -0.4 is 10.6 Å². The number of thiocarbonyl (C=S) groups is 1. The highest BCUT2D eigenvalue weighted by Crippen LogP contribution is 2.10. The van der Waals surface area contributed by atoms with Gasteiger partial charge in [-0.1, -0.05) is 42.5 Å². The molecule has 0 fully saturated rings. The van der Waals surface area contributed by atoms with Crippen LogP contribution in [0.3, 0.4) is 0 Å². The van der Waals surface area contributed by atoms with Crippen LogP contribution in [-0.4, -0.2) is 16.0 Å². The van der Waals surface area contributed by atoms with Crippen LogP contribution in [-0.2, 0) is 0 Å². The first kappa shape index (κ1) is 14.1. The summed E-state index contributed by atoms with van der Waals surface area (Å²) in [7, 11) is 0. The summed E-state index contributed by atoms with van der Waals surface area (Å²) in [5.74, 6) is 0. The molecule has 0 saturated carbocycles. The minimum Gasteiger partial charge on any atom is -0.331 e. The van der Waals surface area contributed by atoms with Crippen molar-refractivity contribution in [3.05, 3.63) is 66.0 Å². The first-order valence-electron chi connectivity index (χ1n) is 6.23. The molecule has 0 bridgehead atoms. The van der Waals surface area contributed by atoms with Gasteiger partial charge in [-0.15, -0.1) is 0 Å². The molecule has 2 aromatic rings. The second-order valence-corrected chi connectivity index (χ2v) is 4.71. The van der Waals surface area contributed by atoms with Gasteiger partial charge in [-0.2, -0.15) is 0 Å².